The smallest absolute Gasteiger partial charge is 0.321 e. The largest absolute Gasteiger partial charge is 0.392 e. The van der Waals surface area contributed by atoms with Crippen molar-refractivity contribution >= 4 is 27.2 Å². The molecule has 3 N–H and O–H groups in total. The highest BCUT2D eigenvalue weighted by molar-refractivity contribution is 7.91. The van der Waals surface area contributed by atoms with Crippen LogP contribution in [0.5, 0.6) is 0 Å². The van der Waals surface area contributed by atoms with Crippen LogP contribution in [0, 0.1) is 17.3 Å². The molecule has 1 saturated heterocycles. The Morgan fingerprint density at radius 2 is 1.75 bits per heavy atom. The Bertz CT molecular complexity index is 1730. The lowest BCUT2D eigenvalue weighted by atomic mass is 9.69. The molecule has 51 heavy (non-hydrogen) atoms. The van der Waals surface area contributed by atoms with Crippen LogP contribution in [-0.2, 0) is 25.9 Å². The number of urea groups is 1. The summed E-state index contributed by atoms with van der Waals surface area (Å²) >= 11 is 0. The fourth-order valence-electron chi connectivity index (χ4n) is 8.11. The van der Waals surface area contributed by atoms with Crippen molar-refractivity contribution in [3.63, 3.8) is 0 Å². The van der Waals surface area contributed by atoms with Gasteiger partial charge in [0, 0.05) is 48.6 Å². The number of sulfone groups is 1. The molecule has 5 rings (SSSR count). The Kier molecular flexibility index (Phi) is 12.5. The molecule has 0 unspecified atom stereocenters. The van der Waals surface area contributed by atoms with E-state index in [0.717, 1.165) is 36.1 Å². The Hall–Kier alpha value is -3.44. The van der Waals surface area contributed by atoms with E-state index in [4.69, 9.17) is 9.47 Å². The summed E-state index contributed by atoms with van der Waals surface area (Å²) in [5.74, 6) is -0.713. The van der Waals surface area contributed by atoms with E-state index in [1.165, 1.54) is 0 Å². The molecule has 0 aromatic heterocycles. The van der Waals surface area contributed by atoms with Crippen molar-refractivity contribution in [3.05, 3.63) is 89.5 Å². The summed E-state index contributed by atoms with van der Waals surface area (Å²) in [6.07, 6.45) is 1.87. The van der Waals surface area contributed by atoms with Gasteiger partial charge in [-0.3, -0.25) is 0 Å². The van der Waals surface area contributed by atoms with Crippen LogP contribution in [-0.4, -0.2) is 63.9 Å². The molecule has 0 saturated carbocycles. The van der Waals surface area contributed by atoms with Gasteiger partial charge in [0.15, 0.2) is 9.84 Å². The van der Waals surface area contributed by atoms with Crippen LogP contribution in [0.15, 0.2) is 77.7 Å². The summed E-state index contributed by atoms with van der Waals surface area (Å²) in [5.41, 5.74) is 2.95. The molecule has 8 atom stereocenters. The van der Waals surface area contributed by atoms with Gasteiger partial charge in [-0.05, 0) is 66.3 Å². The Morgan fingerprint density at radius 3 is 2.41 bits per heavy atom. The number of amides is 2. The van der Waals surface area contributed by atoms with Gasteiger partial charge in [0.2, 0.25) is 0 Å². The van der Waals surface area contributed by atoms with E-state index in [1.54, 1.807) is 12.1 Å². The molecule has 2 heterocycles. The predicted octanol–water partition coefficient (Wildman–Crippen LogP) is 7.73. The lowest BCUT2D eigenvalue weighted by Gasteiger charge is -2.44. The van der Waals surface area contributed by atoms with Crippen LogP contribution >= 0.6 is 0 Å². The number of anilines is 2. The van der Waals surface area contributed by atoms with Gasteiger partial charge in [-0.15, -0.1) is 0 Å². The third-order valence-corrected chi connectivity index (χ3v) is 13.2. The van der Waals surface area contributed by atoms with Crippen LogP contribution in [0.3, 0.4) is 0 Å². The average Bonchev–Trinajstić information content (AvgIpc) is 3.18. The summed E-state index contributed by atoms with van der Waals surface area (Å²) in [5, 5.41) is 18.4. The van der Waals surface area contributed by atoms with Gasteiger partial charge in [-0.1, -0.05) is 89.9 Å². The number of nitrogens with one attached hydrogen (secondary N) is 2. The number of hydrogen-bond acceptors (Lipinski definition) is 7. The van der Waals surface area contributed by atoms with Crippen molar-refractivity contribution in [2.45, 2.75) is 109 Å². The molecule has 3 aromatic carbocycles. The number of fused-ring (bicyclic) bond motifs is 1. The molecule has 10 heteroatoms. The number of rotatable bonds is 12. The third-order valence-electron chi connectivity index (χ3n) is 11.2. The molecule has 0 bridgehead atoms. The van der Waals surface area contributed by atoms with Gasteiger partial charge < -0.3 is 30.1 Å². The molecule has 2 amide bonds. The molecular weight excluding hydrogens is 663 g/mol. The Morgan fingerprint density at radius 1 is 1.00 bits per heavy atom. The number of nitrogens with zero attached hydrogens (tertiary/aromatic N) is 1. The third kappa shape index (κ3) is 8.46. The fourth-order valence-corrected chi connectivity index (χ4v) is 10.4. The zero-order valence-electron chi connectivity index (χ0n) is 31.3. The van der Waals surface area contributed by atoms with E-state index in [0.29, 0.717) is 30.7 Å². The second kappa shape index (κ2) is 16.5. The van der Waals surface area contributed by atoms with Crippen molar-refractivity contribution in [2.75, 3.05) is 30.1 Å². The first-order valence-electron chi connectivity index (χ1n) is 18.5. The standard InChI is InChI=1S/C41H57N3O6S/c1-8-11-22-41(10-3)26-51(47,48)35-21-20-32(44(6)7)24-33(35)36(38(41)45)30-18-15-19-31(23-30)42-40(46)43-39-28(5)37(27(4)34(9-2)50-39)49-25-29-16-13-12-14-17-29/h12-21,23-24,27-28,34,36-39,45H,8-11,22,25-26H2,1-7H3,(H2,42,43,46)/t27-,28-,34-,36+,37+,38+,39-,41-/m1/s1. The molecular formula is C41H57N3O6S. The van der Waals surface area contributed by atoms with Crippen LogP contribution in [0.2, 0.25) is 0 Å². The maximum absolute atomic E-state index is 14.1. The van der Waals surface area contributed by atoms with Crippen molar-refractivity contribution < 1.29 is 27.8 Å². The van der Waals surface area contributed by atoms with E-state index in [-0.39, 0.29) is 34.7 Å². The fraction of sp³-hybridized carbons (Fsp3) is 0.537. The van der Waals surface area contributed by atoms with Crippen LogP contribution in [0.1, 0.15) is 89.3 Å². The minimum Gasteiger partial charge on any atom is -0.392 e. The zero-order chi connectivity index (χ0) is 36.9. The van der Waals surface area contributed by atoms with Crippen molar-refractivity contribution in [2.24, 2.45) is 17.3 Å². The van der Waals surface area contributed by atoms with Crippen molar-refractivity contribution in [3.8, 4) is 0 Å². The van der Waals surface area contributed by atoms with Crippen LogP contribution in [0.4, 0.5) is 16.2 Å². The topological polar surface area (TPSA) is 117 Å². The molecule has 0 spiro atoms. The van der Waals surface area contributed by atoms with Gasteiger partial charge in [-0.25, -0.2) is 13.2 Å². The summed E-state index contributed by atoms with van der Waals surface area (Å²) in [6.45, 7) is 10.8. The minimum atomic E-state index is -3.71. The second-order valence-electron chi connectivity index (χ2n) is 14.8. The SMILES string of the molecule is CCCC[C@]1(CC)CS(=O)(=O)c2ccc(N(C)C)cc2[C@H](c2cccc(NC(=O)N[C@@H]3O[C@H](CC)[C@@H](C)[C@H](OCc4ccccc4)[C@H]3C)c2)[C@@H]1O. The highest BCUT2D eigenvalue weighted by atomic mass is 32.2. The summed E-state index contributed by atoms with van der Waals surface area (Å²) in [7, 11) is 0.114. The predicted molar refractivity (Wildman–Crippen MR) is 204 cm³/mol. The highest BCUT2D eigenvalue weighted by Crippen LogP contribution is 2.49. The van der Waals surface area contributed by atoms with E-state index < -0.39 is 39.5 Å². The number of ether oxygens (including phenoxy) is 2. The number of benzene rings is 3. The second-order valence-corrected chi connectivity index (χ2v) is 16.8. The number of aliphatic hydroxyl groups is 1. The Labute approximate surface area is 305 Å². The quantitative estimate of drug-likeness (QED) is 0.175. The summed E-state index contributed by atoms with van der Waals surface area (Å²) in [6, 6.07) is 22.5. The number of carbonyl (C=O) groups is 1. The first-order valence-corrected chi connectivity index (χ1v) is 20.2. The van der Waals surface area contributed by atoms with Gasteiger partial charge in [0.05, 0.1) is 35.6 Å². The molecule has 9 nitrogen and oxygen atoms in total. The van der Waals surface area contributed by atoms with Gasteiger partial charge in [0.25, 0.3) is 0 Å². The molecule has 1 fully saturated rings. The first-order chi connectivity index (χ1) is 24.3. The van der Waals surface area contributed by atoms with E-state index >= 15 is 0 Å². The average molecular weight is 720 g/mol. The molecule has 0 radical (unpaired) electrons. The lowest BCUT2D eigenvalue weighted by molar-refractivity contribution is -0.189. The van der Waals surface area contributed by atoms with Gasteiger partial charge >= 0.3 is 6.03 Å². The number of hydrogen-bond donors (Lipinski definition) is 3. The zero-order valence-corrected chi connectivity index (χ0v) is 32.1. The molecule has 2 aliphatic heterocycles. The summed E-state index contributed by atoms with van der Waals surface area (Å²) < 4.78 is 41.0. The van der Waals surface area contributed by atoms with E-state index in [2.05, 4.69) is 31.4 Å². The van der Waals surface area contributed by atoms with Crippen molar-refractivity contribution in [1.82, 2.24) is 5.32 Å². The van der Waals surface area contributed by atoms with Crippen molar-refractivity contribution in [1.29, 1.82) is 0 Å². The van der Waals surface area contributed by atoms with E-state index in [9.17, 15) is 18.3 Å². The normalized spacial score (nSPS) is 28.7. The molecule has 0 aliphatic carbocycles. The first kappa shape index (κ1) is 38.8. The number of unbranched alkanes of at least 4 members (excludes halogenated alkanes) is 1. The maximum atomic E-state index is 14.1. The van der Waals surface area contributed by atoms with Crippen LogP contribution < -0.4 is 15.5 Å². The Balaban J connectivity index is 1.42. The maximum Gasteiger partial charge on any atom is 0.321 e. The van der Waals surface area contributed by atoms with Crippen LogP contribution in [0.25, 0.3) is 0 Å². The molecule has 278 valence electrons. The van der Waals surface area contributed by atoms with Gasteiger partial charge in [-0.2, -0.15) is 0 Å². The van der Waals surface area contributed by atoms with E-state index in [1.807, 2.05) is 93.5 Å². The summed E-state index contributed by atoms with van der Waals surface area (Å²) in [4.78, 5) is 15.8. The minimum absolute atomic E-state index is 0.0812. The van der Waals surface area contributed by atoms with Gasteiger partial charge in [0.1, 0.15) is 6.23 Å². The highest BCUT2D eigenvalue weighted by Gasteiger charge is 2.49. The number of carbonyl (C=O) groups excluding carboxylic acids is 1. The lowest BCUT2D eigenvalue weighted by Crippen LogP contribution is -2.56. The number of aliphatic hydroxyl groups excluding tert-OH is 1. The molecule has 3 aromatic rings. The molecule has 2 aliphatic rings. The monoisotopic (exact) mass is 719 g/mol.